The molecular weight excluding hydrogens is 146 g/mol. The molecule has 0 radical (unpaired) electrons. The van der Waals surface area contributed by atoms with Crippen molar-refractivity contribution in [3.05, 3.63) is 0 Å². The number of hydrogen-bond donors (Lipinski definition) is 2. The first-order valence-electron chi connectivity index (χ1n) is 3.73. The number of hydrogen-bond acceptors (Lipinski definition) is 2. The smallest absolute Gasteiger partial charge is 0.435 e. The molecule has 0 aromatic rings. The lowest BCUT2D eigenvalue weighted by molar-refractivity contribution is -0.848. The van der Waals surface area contributed by atoms with Gasteiger partial charge >= 0.3 is 6.09 Å². The van der Waals surface area contributed by atoms with Crippen LogP contribution in [0.1, 0.15) is 13.3 Å². The van der Waals surface area contributed by atoms with Crippen LogP contribution in [-0.4, -0.2) is 46.5 Å². The summed E-state index contributed by atoms with van der Waals surface area (Å²) in [6.45, 7) is 2.18. The van der Waals surface area contributed by atoms with Crippen LogP contribution in [0.25, 0.3) is 0 Å². The number of likely N-dealkylation sites (N-methyl/N-ethyl adjacent to an activating group) is 1. The third-order valence-corrected chi connectivity index (χ3v) is 2.61. The summed E-state index contributed by atoms with van der Waals surface area (Å²) in [6, 6.07) is 0.0162. The molecule has 0 aliphatic carbocycles. The molecule has 1 saturated heterocycles. The maximum Gasteiger partial charge on any atom is 0.513 e. The summed E-state index contributed by atoms with van der Waals surface area (Å²) in [4.78, 5) is 10.7. The van der Waals surface area contributed by atoms with Gasteiger partial charge in [0.1, 0.15) is 12.6 Å². The van der Waals surface area contributed by atoms with E-state index in [9.17, 15) is 9.90 Å². The van der Waals surface area contributed by atoms with Gasteiger partial charge in [0.15, 0.2) is 0 Å². The topological polar surface area (TPSA) is 57.5 Å². The summed E-state index contributed by atoms with van der Waals surface area (Å²) in [7, 11) is 1.64. The molecule has 1 aliphatic heterocycles. The molecule has 2 N–H and O–H groups in total. The van der Waals surface area contributed by atoms with Crippen molar-refractivity contribution in [2.24, 2.45) is 0 Å². The van der Waals surface area contributed by atoms with Crippen LogP contribution < -0.4 is 0 Å². The van der Waals surface area contributed by atoms with Gasteiger partial charge in [0.2, 0.25) is 0 Å². The average Bonchev–Trinajstić information content (AvgIpc) is 2.08. The molecule has 0 unspecified atom stereocenters. The molecular formula is C7H14NO3+. The fourth-order valence-electron chi connectivity index (χ4n) is 1.59. The first-order chi connectivity index (χ1) is 4.97. The van der Waals surface area contributed by atoms with E-state index in [2.05, 4.69) is 0 Å². The summed E-state index contributed by atoms with van der Waals surface area (Å²) in [5, 5.41) is 18.0. The van der Waals surface area contributed by atoms with E-state index in [-0.39, 0.29) is 10.5 Å². The monoisotopic (exact) mass is 160 g/mol. The minimum atomic E-state index is -0.853. The van der Waals surface area contributed by atoms with E-state index in [0.717, 1.165) is 0 Å². The highest BCUT2D eigenvalue weighted by Gasteiger charge is 2.46. The highest BCUT2D eigenvalue weighted by atomic mass is 16.4. The molecule has 4 heteroatoms. The minimum Gasteiger partial charge on any atom is -0.435 e. The first kappa shape index (κ1) is 8.49. The number of rotatable bonds is 0. The first-order valence-corrected chi connectivity index (χ1v) is 3.73. The van der Waals surface area contributed by atoms with Crippen LogP contribution in [0.3, 0.4) is 0 Å². The molecule has 1 aliphatic rings. The van der Waals surface area contributed by atoms with Crippen molar-refractivity contribution < 1.29 is 19.5 Å². The van der Waals surface area contributed by atoms with E-state index in [1.807, 2.05) is 6.92 Å². The average molecular weight is 160 g/mol. The van der Waals surface area contributed by atoms with Crippen molar-refractivity contribution in [3.63, 3.8) is 0 Å². The van der Waals surface area contributed by atoms with E-state index in [1.165, 1.54) is 0 Å². The number of aliphatic hydroxyl groups is 1. The standard InChI is InChI=1S/C7H13NO3/c1-5-3-6(9)4-8(5,2)7(10)11/h5-6,9H,3-4H2,1-2H3/p+1/t5-,6-,8-/m1/s1. The van der Waals surface area contributed by atoms with Crippen molar-refractivity contribution >= 4 is 6.09 Å². The number of carbonyl (C=O) groups is 1. The molecule has 0 bridgehead atoms. The molecule has 0 saturated carbocycles. The Bertz CT molecular complexity index is 183. The van der Waals surface area contributed by atoms with Gasteiger partial charge in [0.25, 0.3) is 0 Å². The van der Waals surface area contributed by atoms with E-state index in [4.69, 9.17) is 5.11 Å². The van der Waals surface area contributed by atoms with Gasteiger partial charge in [-0.3, -0.25) is 0 Å². The third-order valence-electron chi connectivity index (χ3n) is 2.61. The van der Waals surface area contributed by atoms with Gasteiger partial charge in [-0.15, -0.1) is 0 Å². The summed E-state index contributed by atoms with van der Waals surface area (Å²) in [6.07, 6.45) is -0.719. The van der Waals surface area contributed by atoms with Gasteiger partial charge in [0, 0.05) is 6.42 Å². The number of likely N-dealkylation sites (tertiary alicyclic amines) is 1. The summed E-state index contributed by atoms with van der Waals surface area (Å²) in [5.41, 5.74) is 0. The van der Waals surface area contributed by atoms with Crippen LogP contribution >= 0.6 is 0 Å². The molecule has 64 valence electrons. The molecule has 11 heavy (non-hydrogen) atoms. The normalized spacial score (nSPS) is 44.3. The second-order valence-corrected chi connectivity index (χ2v) is 3.47. The quantitative estimate of drug-likeness (QED) is 0.500. The van der Waals surface area contributed by atoms with Crippen LogP contribution in [0.5, 0.6) is 0 Å². The Morgan fingerprint density at radius 3 is 2.36 bits per heavy atom. The second-order valence-electron chi connectivity index (χ2n) is 3.47. The molecule has 1 heterocycles. The zero-order chi connectivity index (χ0) is 8.65. The van der Waals surface area contributed by atoms with Crippen molar-refractivity contribution in [2.75, 3.05) is 13.6 Å². The third kappa shape index (κ3) is 1.23. The van der Waals surface area contributed by atoms with Gasteiger partial charge < -0.3 is 10.2 Å². The Balaban J connectivity index is 2.79. The molecule has 0 aromatic heterocycles. The molecule has 3 atom stereocenters. The van der Waals surface area contributed by atoms with E-state index < -0.39 is 12.2 Å². The van der Waals surface area contributed by atoms with Crippen LogP contribution in [0.2, 0.25) is 0 Å². The Labute approximate surface area is 65.6 Å². The van der Waals surface area contributed by atoms with Crippen molar-refractivity contribution in [3.8, 4) is 0 Å². The van der Waals surface area contributed by atoms with E-state index in [0.29, 0.717) is 13.0 Å². The van der Waals surface area contributed by atoms with Gasteiger partial charge in [0.05, 0.1) is 13.1 Å². The molecule has 1 fully saturated rings. The Hall–Kier alpha value is -0.610. The van der Waals surface area contributed by atoms with Gasteiger partial charge in [-0.05, 0) is 6.92 Å². The fraction of sp³-hybridized carbons (Fsp3) is 0.857. The minimum absolute atomic E-state index is 0.0162. The SMILES string of the molecule is C[C@@H]1C[C@@H](O)C[N@@+]1(C)C(=O)O. The van der Waals surface area contributed by atoms with Crippen LogP contribution in [-0.2, 0) is 0 Å². The lowest BCUT2D eigenvalue weighted by Crippen LogP contribution is -2.51. The highest BCUT2D eigenvalue weighted by Crippen LogP contribution is 2.24. The number of quaternary nitrogens is 1. The fourth-order valence-corrected chi connectivity index (χ4v) is 1.59. The summed E-state index contributed by atoms with van der Waals surface area (Å²) in [5.74, 6) is 0. The molecule has 0 spiro atoms. The van der Waals surface area contributed by atoms with E-state index in [1.54, 1.807) is 7.05 Å². The second kappa shape index (κ2) is 2.46. The summed E-state index contributed by atoms with van der Waals surface area (Å²) < 4.78 is -0.0544. The number of aliphatic hydroxyl groups excluding tert-OH is 1. The van der Waals surface area contributed by atoms with Gasteiger partial charge in [-0.1, -0.05) is 0 Å². The van der Waals surface area contributed by atoms with Gasteiger partial charge in [-0.2, -0.15) is 4.79 Å². The van der Waals surface area contributed by atoms with Gasteiger partial charge in [-0.25, -0.2) is 4.48 Å². The van der Waals surface area contributed by atoms with Crippen LogP contribution in [0.4, 0.5) is 4.79 Å². The largest absolute Gasteiger partial charge is 0.513 e. The van der Waals surface area contributed by atoms with E-state index >= 15 is 0 Å². The number of carboxylic acid groups (broad SMARTS) is 1. The van der Waals surface area contributed by atoms with Crippen LogP contribution in [0.15, 0.2) is 0 Å². The lowest BCUT2D eigenvalue weighted by atomic mass is 10.2. The maximum absolute atomic E-state index is 10.7. The Morgan fingerprint density at radius 1 is 1.64 bits per heavy atom. The maximum atomic E-state index is 10.7. The predicted octanol–water partition coefficient (Wildman–Crippen LogP) is 0.264. The number of amides is 1. The highest BCUT2D eigenvalue weighted by molar-refractivity contribution is 5.57. The lowest BCUT2D eigenvalue weighted by Gasteiger charge is -2.26. The number of nitrogens with zero attached hydrogens (tertiary/aromatic N) is 1. The molecule has 1 rings (SSSR count). The molecule has 4 nitrogen and oxygen atoms in total. The van der Waals surface area contributed by atoms with Crippen molar-refractivity contribution in [1.82, 2.24) is 0 Å². The summed E-state index contributed by atoms with van der Waals surface area (Å²) >= 11 is 0. The molecule has 1 amide bonds. The Kier molecular flexibility index (Phi) is 1.90. The van der Waals surface area contributed by atoms with Crippen molar-refractivity contribution in [2.45, 2.75) is 25.5 Å². The Morgan fingerprint density at radius 2 is 2.18 bits per heavy atom. The van der Waals surface area contributed by atoms with Crippen LogP contribution in [0, 0.1) is 0 Å². The predicted molar refractivity (Wildman–Crippen MR) is 39.2 cm³/mol. The molecule has 0 aromatic carbocycles. The van der Waals surface area contributed by atoms with Crippen molar-refractivity contribution in [1.29, 1.82) is 0 Å². The zero-order valence-electron chi connectivity index (χ0n) is 6.82. The zero-order valence-corrected chi connectivity index (χ0v) is 6.82.